The minimum atomic E-state index is 0.0874. The molecule has 1 saturated carbocycles. The predicted octanol–water partition coefficient (Wildman–Crippen LogP) is 0.479. The van der Waals surface area contributed by atoms with E-state index in [1.807, 2.05) is 11.9 Å². The van der Waals surface area contributed by atoms with Crippen LogP contribution < -0.4 is 5.32 Å². The maximum Gasteiger partial charge on any atom is 0.226 e. The Morgan fingerprint density at radius 2 is 2.00 bits per heavy atom. The highest BCUT2D eigenvalue weighted by molar-refractivity contribution is 5.81. The molecule has 0 aromatic carbocycles. The first-order chi connectivity index (χ1) is 7.57. The zero-order valence-electron chi connectivity index (χ0n) is 10.5. The molecule has 2 aliphatic rings. The average molecular weight is 226 g/mol. The second kappa shape index (κ2) is 4.34. The zero-order chi connectivity index (χ0) is 11.8. The Hall–Kier alpha value is -0.610. The second-order valence-corrected chi connectivity index (χ2v) is 5.39. The molecule has 4 nitrogen and oxygen atoms in total. The number of rotatable bonds is 2. The molecule has 0 radical (unpaired) electrons. The van der Waals surface area contributed by atoms with Gasteiger partial charge in [-0.05, 0) is 18.9 Å². The van der Waals surface area contributed by atoms with Crippen LogP contribution in [0, 0.1) is 11.3 Å². The molecule has 1 N–H and O–H groups in total. The number of nitrogens with zero attached hydrogens (tertiary/aromatic N) is 1. The SMILES string of the molecule is CNC1CC(C(=O)N2CCOCC2)C1(C)C. The van der Waals surface area contributed by atoms with Gasteiger partial charge in [0.05, 0.1) is 13.2 Å². The first kappa shape index (κ1) is 11.9. The highest BCUT2D eigenvalue weighted by Crippen LogP contribution is 2.46. The Balaban J connectivity index is 1.96. The summed E-state index contributed by atoms with van der Waals surface area (Å²) in [6.45, 7) is 7.26. The smallest absolute Gasteiger partial charge is 0.226 e. The topological polar surface area (TPSA) is 41.6 Å². The van der Waals surface area contributed by atoms with Crippen LogP contribution in [0.2, 0.25) is 0 Å². The molecule has 1 amide bonds. The van der Waals surface area contributed by atoms with E-state index < -0.39 is 0 Å². The summed E-state index contributed by atoms with van der Waals surface area (Å²) >= 11 is 0. The third-order valence-corrected chi connectivity index (χ3v) is 4.24. The van der Waals surface area contributed by atoms with E-state index in [1.165, 1.54) is 0 Å². The van der Waals surface area contributed by atoms with Crippen molar-refractivity contribution in [2.24, 2.45) is 11.3 Å². The molecule has 0 aromatic rings. The first-order valence-corrected chi connectivity index (χ1v) is 6.11. The van der Waals surface area contributed by atoms with Crippen molar-refractivity contribution < 1.29 is 9.53 Å². The van der Waals surface area contributed by atoms with Crippen LogP contribution in [0.3, 0.4) is 0 Å². The molecule has 92 valence electrons. The van der Waals surface area contributed by atoms with Gasteiger partial charge in [-0.15, -0.1) is 0 Å². The summed E-state index contributed by atoms with van der Waals surface area (Å²) in [5, 5.41) is 3.28. The molecule has 1 aliphatic heterocycles. The van der Waals surface area contributed by atoms with Crippen molar-refractivity contribution in [3.8, 4) is 0 Å². The third kappa shape index (κ3) is 1.84. The van der Waals surface area contributed by atoms with Gasteiger partial charge in [-0.3, -0.25) is 4.79 Å². The summed E-state index contributed by atoms with van der Waals surface area (Å²) in [6, 6.07) is 0.475. The standard InChI is InChI=1S/C12H22N2O2/c1-12(2)9(8-10(12)13-3)11(15)14-4-6-16-7-5-14/h9-10,13H,4-8H2,1-3H3. The average Bonchev–Trinajstić information content (AvgIpc) is 2.29. The lowest BCUT2D eigenvalue weighted by Gasteiger charge is -2.52. The molecule has 2 rings (SSSR count). The van der Waals surface area contributed by atoms with E-state index in [0.717, 1.165) is 19.5 Å². The molecule has 16 heavy (non-hydrogen) atoms. The number of hydrogen-bond acceptors (Lipinski definition) is 3. The highest BCUT2D eigenvalue weighted by atomic mass is 16.5. The second-order valence-electron chi connectivity index (χ2n) is 5.39. The number of ether oxygens (including phenoxy) is 1. The van der Waals surface area contributed by atoms with Crippen LogP contribution in [0.4, 0.5) is 0 Å². The molecule has 1 heterocycles. The summed E-state index contributed by atoms with van der Waals surface area (Å²) in [5.74, 6) is 0.503. The molecule has 1 aliphatic carbocycles. The fourth-order valence-corrected chi connectivity index (χ4v) is 2.84. The molecule has 4 heteroatoms. The van der Waals surface area contributed by atoms with Crippen LogP contribution in [0.15, 0.2) is 0 Å². The Morgan fingerprint density at radius 3 is 2.50 bits per heavy atom. The number of carbonyl (C=O) groups excluding carboxylic acids is 1. The minimum absolute atomic E-state index is 0.0874. The largest absolute Gasteiger partial charge is 0.378 e. The molecule has 2 fully saturated rings. The summed E-state index contributed by atoms with van der Waals surface area (Å²) in [7, 11) is 1.97. The monoisotopic (exact) mass is 226 g/mol. The lowest BCUT2D eigenvalue weighted by molar-refractivity contribution is -0.152. The highest BCUT2D eigenvalue weighted by Gasteiger charge is 2.52. The van der Waals surface area contributed by atoms with Crippen molar-refractivity contribution in [3.63, 3.8) is 0 Å². The fourth-order valence-electron chi connectivity index (χ4n) is 2.84. The van der Waals surface area contributed by atoms with Crippen molar-refractivity contribution in [1.29, 1.82) is 0 Å². The van der Waals surface area contributed by atoms with Crippen LogP contribution in [-0.2, 0) is 9.53 Å². The molecule has 0 bridgehead atoms. The van der Waals surface area contributed by atoms with Gasteiger partial charge in [0, 0.05) is 25.0 Å². The van der Waals surface area contributed by atoms with Crippen molar-refractivity contribution >= 4 is 5.91 Å². The number of morpholine rings is 1. The molecular formula is C12H22N2O2. The number of nitrogens with one attached hydrogen (secondary N) is 1. The van der Waals surface area contributed by atoms with Gasteiger partial charge in [0.25, 0.3) is 0 Å². The van der Waals surface area contributed by atoms with Crippen molar-refractivity contribution in [3.05, 3.63) is 0 Å². The maximum atomic E-state index is 12.3. The third-order valence-electron chi connectivity index (χ3n) is 4.24. The van der Waals surface area contributed by atoms with Crippen LogP contribution in [-0.4, -0.2) is 50.2 Å². The Bertz CT molecular complexity index is 272. The zero-order valence-corrected chi connectivity index (χ0v) is 10.5. The molecular weight excluding hydrogens is 204 g/mol. The number of amides is 1. The first-order valence-electron chi connectivity index (χ1n) is 6.11. The van der Waals surface area contributed by atoms with E-state index in [1.54, 1.807) is 0 Å². The normalized spacial score (nSPS) is 33.3. The number of carbonyl (C=O) groups is 1. The molecule has 0 aromatic heterocycles. The van der Waals surface area contributed by atoms with Crippen LogP contribution in [0.5, 0.6) is 0 Å². The maximum absolute atomic E-state index is 12.3. The van der Waals surface area contributed by atoms with Gasteiger partial charge in [-0.2, -0.15) is 0 Å². The minimum Gasteiger partial charge on any atom is -0.378 e. The van der Waals surface area contributed by atoms with Gasteiger partial charge >= 0.3 is 0 Å². The number of hydrogen-bond donors (Lipinski definition) is 1. The van der Waals surface area contributed by atoms with Gasteiger partial charge in [-0.25, -0.2) is 0 Å². The molecule has 2 atom stereocenters. The van der Waals surface area contributed by atoms with Crippen LogP contribution in [0.25, 0.3) is 0 Å². The van der Waals surface area contributed by atoms with Crippen LogP contribution >= 0.6 is 0 Å². The summed E-state index contributed by atoms with van der Waals surface area (Å²) in [6.07, 6.45) is 0.972. The van der Waals surface area contributed by atoms with Gasteiger partial charge in [-0.1, -0.05) is 13.8 Å². The van der Waals surface area contributed by atoms with Gasteiger partial charge in [0.1, 0.15) is 0 Å². The fraction of sp³-hybridized carbons (Fsp3) is 0.917. The van der Waals surface area contributed by atoms with E-state index in [0.29, 0.717) is 25.2 Å². The van der Waals surface area contributed by atoms with Crippen molar-refractivity contribution in [1.82, 2.24) is 10.2 Å². The Kier molecular flexibility index (Phi) is 3.22. The lowest BCUT2D eigenvalue weighted by atomic mass is 9.58. The van der Waals surface area contributed by atoms with E-state index >= 15 is 0 Å². The van der Waals surface area contributed by atoms with E-state index in [-0.39, 0.29) is 11.3 Å². The van der Waals surface area contributed by atoms with Gasteiger partial charge < -0.3 is 15.0 Å². The summed E-state index contributed by atoms with van der Waals surface area (Å²) < 4.78 is 5.27. The quantitative estimate of drug-likeness (QED) is 0.744. The Labute approximate surface area is 97.3 Å². The molecule has 1 saturated heterocycles. The van der Waals surface area contributed by atoms with Crippen LogP contribution in [0.1, 0.15) is 20.3 Å². The van der Waals surface area contributed by atoms with E-state index in [9.17, 15) is 4.79 Å². The summed E-state index contributed by atoms with van der Waals surface area (Å²) in [4.78, 5) is 14.3. The van der Waals surface area contributed by atoms with Crippen molar-refractivity contribution in [2.75, 3.05) is 33.4 Å². The molecule has 0 spiro atoms. The van der Waals surface area contributed by atoms with E-state index in [2.05, 4.69) is 19.2 Å². The van der Waals surface area contributed by atoms with Crippen molar-refractivity contribution in [2.45, 2.75) is 26.3 Å². The lowest BCUT2D eigenvalue weighted by Crippen LogP contribution is -2.61. The van der Waals surface area contributed by atoms with Gasteiger partial charge in [0.2, 0.25) is 5.91 Å². The molecule has 2 unspecified atom stereocenters. The Morgan fingerprint density at radius 1 is 1.38 bits per heavy atom. The van der Waals surface area contributed by atoms with Gasteiger partial charge in [0.15, 0.2) is 0 Å². The predicted molar refractivity (Wildman–Crippen MR) is 62.1 cm³/mol. The van der Waals surface area contributed by atoms with E-state index in [4.69, 9.17) is 4.74 Å². The summed E-state index contributed by atoms with van der Waals surface area (Å²) in [5.41, 5.74) is 0.0874.